The number of carboxylic acid groups (broad SMARTS) is 1. The zero-order valence-electron chi connectivity index (χ0n) is 11.4. The average Bonchev–Trinajstić information content (AvgIpc) is 2.99. The first kappa shape index (κ1) is 15.1. The maximum atomic E-state index is 11.4. The Labute approximate surface area is 134 Å². The van der Waals surface area contributed by atoms with Gasteiger partial charge in [0.05, 0.1) is 12.3 Å². The molecule has 0 fully saturated rings. The lowest BCUT2D eigenvalue weighted by Crippen LogP contribution is -2.40. The van der Waals surface area contributed by atoms with Gasteiger partial charge in [0.1, 0.15) is 22.6 Å². The lowest BCUT2D eigenvalue weighted by Gasteiger charge is -2.27. The molecule has 2 N–H and O–H groups in total. The van der Waals surface area contributed by atoms with E-state index < -0.39 is 13.1 Å². The second kappa shape index (κ2) is 6.15. The number of benzene rings is 1. The summed E-state index contributed by atoms with van der Waals surface area (Å²) in [6, 6.07) is 3.34. The predicted octanol–water partition coefficient (Wildman–Crippen LogP) is 1.36. The van der Waals surface area contributed by atoms with Gasteiger partial charge in [-0.25, -0.2) is 4.79 Å². The number of nitrogens with zero attached hydrogens (tertiary/aromatic N) is 2. The van der Waals surface area contributed by atoms with Gasteiger partial charge in [-0.2, -0.15) is 0 Å². The first-order valence-corrected chi connectivity index (χ1v) is 8.06. The average molecular weight is 338 g/mol. The molecule has 10 heteroatoms. The number of thioether (sulfide) groups is 1. The van der Waals surface area contributed by atoms with E-state index in [0.717, 1.165) is 4.34 Å². The second-order valence-corrected chi connectivity index (χ2v) is 6.83. The van der Waals surface area contributed by atoms with E-state index in [2.05, 4.69) is 10.2 Å². The number of methoxy groups -OCH3 is 1. The van der Waals surface area contributed by atoms with Crippen molar-refractivity contribution in [3.05, 3.63) is 28.8 Å². The third-order valence-electron chi connectivity index (χ3n) is 3.20. The smallest absolute Gasteiger partial charge is 0.534 e. The number of aromatic carboxylic acids is 1. The van der Waals surface area contributed by atoms with Gasteiger partial charge in [-0.05, 0) is 18.1 Å². The van der Waals surface area contributed by atoms with Gasteiger partial charge in [0.2, 0.25) is 0 Å². The number of ether oxygens (including phenoxy) is 1. The van der Waals surface area contributed by atoms with Crippen LogP contribution in [0.1, 0.15) is 15.9 Å². The first-order chi connectivity index (χ1) is 10.6. The molecule has 0 saturated carbocycles. The molecular formula is C12H11BN2O5S2. The molecule has 1 atom stereocenters. The van der Waals surface area contributed by atoms with Gasteiger partial charge >= 0.3 is 13.1 Å². The predicted molar refractivity (Wildman–Crippen MR) is 81.8 cm³/mol. The Bertz CT molecular complexity index is 697. The number of aromatic nitrogens is 2. The summed E-state index contributed by atoms with van der Waals surface area (Å²) in [7, 11) is 0.258. The van der Waals surface area contributed by atoms with Crippen LogP contribution in [-0.2, 0) is 6.42 Å². The molecule has 0 spiro atoms. The molecule has 114 valence electrons. The van der Waals surface area contributed by atoms with Gasteiger partial charge in [-0.3, -0.25) is 0 Å². The van der Waals surface area contributed by atoms with Gasteiger partial charge < -0.3 is 19.5 Å². The molecule has 7 nitrogen and oxygen atoms in total. The van der Waals surface area contributed by atoms with Gasteiger partial charge in [0, 0.05) is 0 Å². The molecule has 0 aliphatic carbocycles. The maximum absolute atomic E-state index is 11.4. The van der Waals surface area contributed by atoms with Crippen molar-refractivity contribution in [1.82, 2.24) is 10.2 Å². The third kappa shape index (κ3) is 2.76. The summed E-state index contributed by atoms with van der Waals surface area (Å²) < 4.78 is 11.2. The summed E-state index contributed by atoms with van der Waals surface area (Å²) in [5.41, 5.74) is 2.25. The van der Waals surface area contributed by atoms with Crippen LogP contribution in [0.25, 0.3) is 0 Å². The number of rotatable bonds is 4. The summed E-state index contributed by atoms with van der Waals surface area (Å²) in [5, 5.41) is 26.9. The van der Waals surface area contributed by atoms with Crippen molar-refractivity contribution in [2.24, 2.45) is 0 Å². The van der Waals surface area contributed by atoms with Crippen molar-refractivity contribution in [3.63, 3.8) is 0 Å². The number of hydrogen-bond acceptors (Lipinski definition) is 8. The monoisotopic (exact) mass is 338 g/mol. The Morgan fingerprint density at radius 2 is 2.41 bits per heavy atom. The lowest BCUT2D eigenvalue weighted by molar-refractivity contribution is 0.0690. The molecule has 1 aliphatic heterocycles. The minimum atomic E-state index is -1.16. The first-order valence-electron chi connectivity index (χ1n) is 6.31. The van der Waals surface area contributed by atoms with Crippen LogP contribution in [0.3, 0.4) is 0 Å². The van der Waals surface area contributed by atoms with Crippen LogP contribution in [-0.4, -0.2) is 45.7 Å². The van der Waals surface area contributed by atoms with Crippen molar-refractivity contribution in [2.45, 2.75) is 15.9 Å². The minimum absolute atomic E-state index is 0.0709. The van der Waals surface area contributed by atoms with Crippen molar-refractivity contribution >= 4 is 36.2 Å². The van der Waals surface area contributed by atoms with E-state index in [1.165, 1.54) is 30.2 Å². The zero-order valence-corrected chi connectivity index (χ0v) is 13.1. The summed E-state index contributed by atoms with van der Waals surface area (Å²) >= 11 is 2.73. The maximum Gasteiger partial charge on any atom is 0.537 e. The van der Waals surface area contributed by atoms with E-state index >= 15 is 0 Å². The van der Waals surface area contributed by atoms with Gasteiger partial charge in [-0.15, -0.1) is 10.2 Å². The standard InChI is InChI=1S/C12H11BN2O5S2/c1-19-7-3-2-6-4-8(22-12-15-14-5-21-12)13(18)20-10(6)9(7)11(16)17/h2-3,5,8,18H,4H2,1H3,(H,16,17)/t8-/m0/s1. The Kier molecular flexibility index (Phi) is 4.23. The molecule has 1 aromatic carbocycles. The summed E-state index contributed by atoms with van der Waals surface area (Å²) in [6.07, 6.45) is 0.463. The van der Waals surface area contributed by atoms with Crippen molar-refractivity contribution in [2.75, 3.05) is 7.11 Å². The molecule has 2 aromatic rings. The van der Waals surface area contributed by atoms with Crippen molar-refractivity contribution in [1.29, 1.82) is 0 Å². The number of carboxylic acids is 1. The number of fused-ring (bicyclic) bond motifs is 1. The molecule has 2 heterocycles. The molecule has 0 bridgehead atoms. The van der Waals surface area contributed by atoms with E-state index in [1.807, 2.05) is 0 Å². The molecular weight excluding hydrogens is 327 g/mol. The molecule has 3 rings (SSSR count). The third-order valence-corrected chi connectivity index (χ3v) is 5.25. The molecule has 1 aliphatic rings. The summed E-state index contributed by atoms with van der Waals surface area (Å²) in [5.74, 6) is -0.793. The zero-order chi connectivity index (χ0) is 15.7. The van der Waals surface area contributed by atoms with Gasteiger partial charge in [-0.1, -0.05) is 29.2 Å². The fourth-order valence-electron chi connectivity index (χ4n) is 2.23. The van der Waals surface area contributed by atoms with Crippen LogP contribution in [0.15, 0.2) is 22.0 Å². The van der Waals surface area contributed by atoms with Crippen LogP contribution in [0.5, 0.6) is 11.5 Å². The molecule has 0 unspecified atom stereocenters. The van der Waals surface area contributed by atoms with Crippen LogP contribution < -0.4 is 9.39 Å². The number of hydrogen-bond donors (Lipinski definition) is 2. The van der Waals surface area contributed by atoms with Crippen LogP contribution in [0.4, 0.5) is 0 Å². The van der Waals surface area contributed by atoms with Crippen molar-refractivity contribution in [3.8, 4) is 11.5 Å². The van der Waals surface area contributed by atoms with Gasteiger partial charge in [0.25, 0.3) is 0 Å². The SMILES string of the molecule is COc1ccc2c(c1C(=O)O)OB(O)[C@@H](Sc1nncs1)C2. The molecule has 1 aromatic heterocycles. The van der Waals surface area contributed by atoms with Gasteiger partial charge in [0.15, 0.2) is 4.34 Å². The van der Waals surface area contributed by atoms with E-state index in [1.54, 1.807) is 17.6 Å². The highest BCUT2D eigenvalue weighted by atomic mass is 32.2. The van der Waals surface area contributed by atoms with E-state index in [0.29, 0.717) is 12.0 Å². The van der Waals surface area contributed by atoms with Crippen LogP contribution in [0, 0.1) is 0 Å². The van der Waals surface area contributed by atoms with E-state index in [4.69, 9.17) is 9.39 Å². The Hall–Kier alpha value is -1.78. The Balaban J connectivity index is 1.93. The normalized spacial score (nSPS) is 16.8. The van der Waals surface area contributed by atoms with Crippen LogP contribution in [0.2, 0.25) is 0 Å². The molecule has 22 heavy (non-hydrogen) atoms. The summed E-state index contributed by atoms with van der Waals surface area (Å²) in [4.78, 5) is 11.4. The van der Waals surface area contributed by atoms with E-state index in [9.17, 15) is 14.9 Å². The van der Waals surface area contributed by atoms with Crippen LogP contribution >= 0.6 is 23.1 Å². The molecule has 0 amide bonds. The fourth-order valence-corrected chi connectivity index (χ4v) is 4.02. The topological polar surface area (TPSA) is 102 Å². The fraction of sp³-hybridized carbons (Fsp3) is 0.250. The number of carbonyl (C=O) groups is 1. The molecule has 0 radical (unpaired) electrons. The Morgan fingerprint density at radius 3 is 3.05 bits per heavy atom. The highest BCUT2D eigenvalue weighted by Gasteiger charge is 2.39. The lowest BCUT2D eigenvalue weighted by atomic mass is 9.77. The van der Waals surface area contributed by atoms with E-state index in [-0.39, 0.29) is 22.2 Å². The van der Waals surface area contributed by atoms with Crippen molar-refractivity contribution < 1.29 is 24.3 Å². The highest BCUT2D eigenvalue weighted by Crippen LogP contribution is 2.40. The highest BCUT2D eigenvalue weighted by molar-refractivity contribution is 8.02. The minimum Gasteiger partial charge on any atom is -0.534 e. The quantitative estimate of drug-likeness (QED) is 0.806. The largest absolute Gasteiger partial charge is 0.537 e. The molecule has 0 saturated heterocycles. The second-order valence-electron chi connectivity index (χ2n) is 4.51. The Morgan fingerprint density at radius 1 is 1.59 bits per heavy atom. The summed E-state index contributed by atoms with van der Waals surface area (Å²) in [6.45, 7) is 0.